The average molecular weight is 383 g/mol. The second kappa shape index (κ2) is 8.83. The van der Waals surface area contributed by atoms with Gasteiger partial charge in [-0.2, -0.15) is 0 Å². The number of carbonyl (C=O) groups excluding carboxylic acids is 1. The Labute approximate surface area is 161 Å². The first-order valence-electron chi connectivity index (χ1n) is 8.66. The number of amides is 1. The lowest BCUT2D eigenvalue weighted by Gasteiger charge is -2.18. The molecule has 0 radical (unpaired) electrons. The normalized spacial score (nSPS) is 10.9. The Morgan fingerprint density at radius 2 is 1.85 bits per heavy atom. The molecule has 2 aromatic carbocycles. The number of hydrogen-bond acceptors (Lipinski definition) is 5. The molecular weight excluding hydrogens is 362 g/mol. The minimum absolute atomic E-state index is 0.0148. The van der Waals surface area contributed by atoms with Crippen molar-refractivity contribution in [3.8, 4) is 0 Å². The number of hydrogen-bond donors (Lipinski definition) is 1. The van der Waals surface area contributed by atoms with Gasteiger partial charge in [0.25, 0.3) is 5.56 Å². The van der Waals surface area contributed by atoms with Gasteiger partial charge in [0.15, 0.2) is 5.16 Å². The molecule has 0 fully saturated rings. The highest BCUT2D eigenvalue weighted by Crippen LogP contribution is 2.20. The number of anilines is 1. The summed E-state index contributed by atoms with van der Waals surface area (Å²) in [7, 11) is 1.73. The molecule has 0 bridgehead atoms. The smallest absolute Gasteiger partial charge is 0.262 e. The number of fused-ring (bicyclic) bond motifs is 1. The van der Waals surface area contributed by atoms with Crippen LogP contribution in [0.4, 0.5) is 5.69 Å². The number of benzene rings is 2. The van der Waals surface area contributed by atoms with E-state index in [2.05, 4.69) is 4.98 Å². The zero-order valence-electron chi connectivity index (χ0n) is 15.0. The maximum absolute atomic E-state index is 12.8. The molecule has 1 heterocycles. The maximum Gasteiger partial charge on any atom is 0.262 e. The highest BCUT2D eigenvalue weighted by molar-refractivity contribution is 7.99. The summed E-state index contributed by atoms with van der Waals surface area (Å²) in [6.07, 6.45) is 0.450. The van der Waals surface area contributed by atoms with Crippen LogP contribution < -0.4 is 10.5 Å². The van der Waals surface area contributed by atoms with Crippen molar-refractivity contribution in [2.45, 2.75) is 18.1 Å². The number of nitrogens with zero attached hydrogens (tertiary/aromatic N) is 3. The van der Waals surface area contributed by atoms with Gasteiger partial charge in [-0.3, -0.25) is 14.2 Å². The molecule has 6 nitrogen and oxygen atoms in total. The van der Waals surface area contributed by atoms with Crippen molar-refractivity contribution in [1.82, 2.24) is 9.55 Å². The number of aliphatic hydroxyl groups excluding tert-OH is 1. The van der Waals surface area contributed by atoms with Gasteiger partial charge in [0.05, 0.1) is 16.7 Å². The molecule has 27 heavy (non-hydrogen) atoms. The Bertz CT molecular complexity index is 989. The van der Waals surface area contributed by atoms with Gasteiger partial charge in [-0.05, 0) is 30.7 Å². The van der Waals surface area contributed by atoms with Crippen LogP contribution in [0, 0.1) is 0 Å². The predicted octanol–water partition coefficient (Wildman–Crippen LogP) is 2.53. The van der Waals surface area contributed by atoms with Gasteiger partial charge < -0.3 is 10.0 Å². The van der Waals surface area contributed by atoms with Gasteiger partial charge in [-0.15, -0.1) is 0 Å². The predicted molar refractivity (Wildman–Crippen MR) is 108 cm³/mol. The lowest BCUT2D eigenvalue weighted by Crippen LogP contribution is -2.29. The van der Waals surface area contributed by atoms with Crippen molar-refractivity contribution >= 4 is 34.3 Å². The van der Waals surface area contributed by atoms with E-state index in [1.54, 1.807) is 34.7 Å². The SMILES string of the molecule is CN(C(=O)CSc1nc2ccccc2c(=O)n1CCCO)c1ccccc1. The third-order valence-corrected chi connectivity index (χ3v) is 5.17. The molecule has 1 amide bonds. The lowest BCUT2D eigenvalue weighted by atomic mass is 10.2. The Kier molecular flexibility index (Phi) is 6.26. The Morgan fingerprint density at radius 1 is 1.15 bits per heavy atom. The van der Waals surface area contributed by atoms with Gasteiger partial charge in [-0.25, -0.2) is 4.98 Å². The largest absolute Gasteiger partial charge is 0.396 e. The van der Waals surface area contributed by atoms with Crippen molar-refractivity contribution in [2.24, 2.45) is 0 Å². The van der Waals surface area contributed by atoms with Crippen LogP contribution in [0.5, 0.6) is 0 Å². The summed E-state index contributed by atoms with van der Waals surface area (Å²) in [6, 6.07) is 16.5. The zero-order chi connectivity index (χ0) is 19.2. The fourth-order valence-corrected chi connectivity index (χ4v) is 3.64. The number of aromatic nitrogens is 2. The van der Waals surface area contributed by atoms with Crippen LogP contribution >= 0.6 is 11.8 Å². The second-order valence-electron chi connectivity index (χ2n) is 6.02. The molecule has 3 rings (SSSR count). The first kappa shape index (κ1) is 19.1. The van der Waals surface area contributed by atoms with E-state index in [9.17, 15) is 9.59 Å². The van der Waals surface area contributed by atoms with E-state index in [0.717, 1.165) is 5.69 Å². The fourth-order valence-electron chi connectivity index (χ4n) is 2.70. The van der Waals surface area contributed by atoms with Crippen molar-refractivity contribution in [3.05, 3.63) is 65.0 Å². The van der Waals surface area contributed by atoms with Gasteiger partial charge >= 0.3 is 0 Å². The summed E-state index contributed by atoms with van der Waals surface area (Å²) < 4.78 is 1.54. The van der Waals surface area contributed by atoms with Crippen LogP contribution in [0.3, 0.4) is 0 Å². The topological polar surface area (TPSA) is 75.4 Å². The third-order valence-electron chi connectivity index (χ3n) is 4.21. The van der Waals surface area contributed by atoms with Crippen LogP contribution in [0.25, 0.3) is 10.9 Å². The maximum atomic E-state index is 12.8. The molecule has 1 N–H and O–H groups in total. The second-order valence-corrected chi connectivity index (χ2v) is 6.96. The molecule has 0 aliphatic rings. The molecule has 0 aliphatic carbocycles. The van der Waals surface area contributed by atoms with Crippen LogP contribution in [0.15, 0.2) is 64.5 Å². The van der Waals surface area contributed by atoms with E-state index in [1.807, 2.05) is 36.4 Å². The fraction of sp³-hybridized carbons (Fsp3) is 0.250. The third kappa shape index (κ3) is 4.37. The molecular formula is C20H21N3O3S. The summed E-state index contributed by atoms with van der Waals surface area (Å²) in [5.74, 6) is 0.0808. The molecule has 0 unspecified atom stereocenters. The molecule has 3 aromatic rings. The first-order chi connectivity index (χ1) is 13.1. The molecule has 0 aliphatic heterocycles. The minimum atomic E-state index is -0.152. The van der Waals surface area contributed by atoms with Crippen molar-refractivity contribution in [2.75, 3.05) is 24.3 Å². The quantitative estimate of drug-likeness (QED) is 0.501. The van der Waals surface area contributed by atoms with Gasteiger partial charge in [-0.1, -0.05) is 42.1 Å². The summed E-state index contributed by atoms with van der Waals surface area (Å²) >= 11 is 1.24. The average Bonchev–Trinajstić information content (AvgIpc) is 2.71. The van der Waals surface area contributed by atoms with Crippen molar-refractivity contribution in [3.63, 3.8) is 0 Å². The van der Waals surface area contributed by atoms with Crippen LogP contribution in [-0.4, -0.2) is 40.0 Å². The molecule has 0 saturated carbocycles. The van der Waals surface area contributed by atoms with E-state index >= 15 is 0 Å². The molecule has 140 valence electrons. The van der Waals surface area contributed by atoms with E-state index in [-0.39, 0.29) is 23.8 Å². The molecule has 0 saturated heterocycles. The van der Waals surface area contributed by atoms with E-state index < -0.39 is 0 Å². The zero-order valence-corrected chi connectivity index (χ0v) is 15.9. The van der Waals surface area contributed by atoms with Crippen LogP contribution in [0.2, 0.25) is 0 Å². The van der Waals surface area contributed by atoms with E-state index in [0.29, 0.717) is 29.0 Å². The Morgan fingerprint density at radius 3 is 2.59 bits per heavy atom. The first-order valence-corrected chi connectivity index (χ1v) is 9.65. The van der Waals surface area contributed by atoms with Gasteiger partial charge in [0, 0.05) is 25.9 Å². The highest BCUT2D eigenvalue weighted by atomic mass is 32.2. The van der Waals surface area contributed by atoms with Crippen molar-refractivity contribution < 1.29 is 9.90 Å². The summed E-state index contributed by atoms with van der Waals surface area (Å²) in [5.41, 5.74) is 1.27. The summed E-state index contributed by atoms with van der Waals surface area (Å²) in [6.45, 7) is 0.345. The minimum Gasteiger partial charge on any atom is -0.396 e. The number of thioether (sulfide) groups is 1. The monoisotopic (exact) mass is 383 g/mol. The van der Waals surface area contributed by atoms with Crippen LogP contribution in [-0.2, 0) is 11.3 Å². The van der Waals surface area contributed by atoms with Gasteiger partial charge in [0.2, 0.25) is 5.91 Å². The number of aliphatic hydroxyl groups is 1. The Balaban J connectivity index is 1.85. The summed E-state index contributed by atoms with van der Waals surface area (Å²) in [5, 5.41) is 10.2. The lowest BCUT2D eigenvalue weighted by molar-refractivity contribution is -0.115. The molecule has 7 heteroatoms. The standard InChI is InChI=1S/C20H21N3O3S/c1-22(15-8-3-2-4-9-15)18(25)14-27-20-21-17-11-6-5-10-16(17)19(26)23(20)12-7-13-24/h2-6,8-11,24H,7,12-14H2,1H3. The highest BCUT2D eigenvalue weighted by Gasteiger charge is 2.15. The van der Waals surface area contributed by atoms with E-state index in [1.165, 1.54) is 11.8 Å². The van der Waals surface area contributed by atoms with E-state index in [4.69, 9.17) is 5.11 Å². The van der Waals surface area contributed by atoms with Crippen molar-refractivity contribution in [1.29, 1.82) is 0 Å². The van der Waals surface area contributed by atoms with Crippen LogP contribution in [0.1, 0.15) is 6.42 Å². The number of rotatable bonds is 7. The number of carbonyl (C=O) groups is 1. The number of para-hydroxylation sites is 2. The molecule has 1 aromatic heterocycles. The molecule has 0 spiro atoms. The Hall–Kier alpha value is -2.64. The summed E-state index contributed by atoms with van der Waals surface area (Å²) in [4.78, 5) is 31.5. The van der Waals surface area contributed by atoms with Gasteiger partial charge in [0.1, 0.15) is 0 Å². The molecule has 0 atom stereocenters.